The third-order valence-corrected chi connectivity index (χ3v) is 5.09. The van der Waals surface area contributed by atoms with Gasteiger partial charge in [0.1, 0.15) is 22.9 Å². The molecule has 0 radical (unpaired) electrons. The first kappa shape index (κ1) is 23.8. The van der Waals surface area contributed by atoms with Crippen LogP contribution in [-0.4, -0.2) is 56.8 Å². The second-order valence-electron chi connectivity index (χ2n) is 7.90. The summed E-state index contributed by atoms with van der Waals surface area (Å²) in [6.45, 7) is 9.07. The summed E-state index contributed by atoms with van der Waals surface area (Å²) in [5.74, 6) is 3.00. The molecule has 1 aromatic heterocycles. The average Bonchev–Trinajstić information content (AvgIpc) is 3.05. The van der Waals surface area contributed by atoms with Gasteiger partial charge in [0.2, 0.25) is 0 Å². The highest BCUT2D eigenvalue weighted by molar-refractivity contribution is 5.79. The number of benzene rings is 1. The Bertz CT molecular complexity index is 843. The summed E-state index contributed by atoms with van der Waals surface area (Å²) in [4.78, 5) is 6.77. The van der Waals surface area contributed by atoms with Gasteiger partial charge < -0.3 is 29.8 Å². The molecule has 0 saturated carbocycles. The van der Waals surface area contributed by atoms with E-state index in [4.69, 9.17) is 9.15 Å². The minimum Gasteiger partial charge on any atom is -0.496 e. The second-order valence-corrected chi connectivity index (χ2v) is 7.90. The number of hydrogen-bond acceptors (Lipinski definition) is 5. The lowest BCUT2D eigenvalue weighted by Gasteiger charge is -2.27. The van der Waals surface area contributed by atoms with Crippen LogP contribution in [0, 0.1) is 13.8 Å². The monoisotopic (exact) mass is 416 g/mol. The Balaban J connectivity index is 2.16. The molecule has 0 spiro atoms. The molecule has 2 unspecified atom stereocenters. The molecule has 2 rings (SSSR count). The number of methoxy groups -OCH3 is 1. The number of nitrogens with one attached hydrogen (secondary N) is 2. The van der Waals surface area contributed by atoms with E-state index in [-0.39, 0.29) is 12.6 Å². The van der Waals surface area contributed by atoms with Gasteiger partial charge in [0.05, 0.1) is 19.7 Å². The predicted octanol–water partition coefficient (Wildman–Crippen LogP) is 2.97. The van der Waals surface area contributed by atoms with E-state index in [2.05, 4.69) is 26.6 Å². The fraction of sp³-hybridized carbons (Fsp3) is 0.522. The van der Waals surface area contributed by atoms with Gasteiger partial charge in [0.15, 0.2) is 5.96 Å². The molecule has 7 nitrogen and oxygen atoms in total. The number of furan rings is 1. The Morgan fingerprint density at radius 1 is 1.27 bits per heavy atom. The minimum absolute atomic E-state index is 0.0873. The lowest BCUT2D eigenvalue weighted by molar-refractivity contribution is 0.0657. The summed E-state index contributed by atoms with van der Waals surface area (Å²) in [6.07, 6.45) is 0. The van der Waals surface area contributed by atoms with E-state index in [1.54, 1.807) is 14.0 Å². The Labute approximate surface area is 180 Å². The van der Waals surface area contributed by atoms with E-state index >= 15 is 0 Å². The Morgan fingerprint density at radius 3 is 2.53 bits per heavy atom. The van der Waals surface area contributed by atoms with Crippen LogP contribution in [0.15, 0.2) is 39.7 Å². The van der Waals surface area contributed by atoms with Gasteiger partial charge in [-0.3, -0.25) is 0 Å². The molecule has 30 heavy (non-hydrogen) atoms. The van der Waals surface area contributed by atoms with Gasteiger partial charge in [-0.25, -0.2) is 4.99 Å². The van der Waals surface area contributed by atoms with Gasteiger partial charge >= 0.3 is 0 Å². The van der Waals surface area contributed by atoms with Gasteiger partial charge in [0.25, 0.3) is 0 Å². The molecule has 0 bridgehead atoms. The van der Waals surface area contributed by atoms with Crippen molar-refractivity contribution in [3.05, 3.63) is 53.0 Å². The number of para-hydroxylation sites is 1. The molecular weight excluding hydrogens is 380 g/mol. The van der Waals surface area contributed by atoms with Crippen LogP contribution in [0.1, 0.15) is 42.5 Å². The maximum atomic E-state index is 11.0. The molecule has 0 fully saturated rings. The summed E-state index contributed by atoms with van der Waals surface area (Å²) >= 11 is 0. The van der Waals surface area contributed by atoms with Crippen molar-refractivity contribution in [2.45, 2.75) is 39.3 Å². The zero-order valence-electron chi connectivity index (χ0n) is 19.2. The number of rotatable bonds is 9. The van der Waals surface area contributed by atoms with Crippen LogP contribution in [0.2, 0.25) is 0 Å². The fourth-order valence-electron chi connectivity index (χ4n) is 3.53. The zero-order valence-corrected chi connectivity index (χ0v) is 19.2. The second kappa shape index (κ2) is 10.5. The highest BCUT2D eigenvalue weighted by atomic mass is 16.5. The molecule has 0 saturated heterocycles. The fourth-order valence-corrected chi connectivity index (χ4v) is 3.53. The third-order valence-electron chi connectivity index (χ3n) is 5.09. The van der Waals surface area contributed by atoms with Gasteiger partial charge in [-0.2, -0.15) is 0 Å². The van der Waals surface area contributed by atoms with Crippen LogP contribution in [0.25, 0.3) is 0 Å². The number of hydrogen-bond donors (Lipinski definition) is 3. The summed E-state index contributed by atoms with van der Waals surface area (Å²) in [6, 6.07) is 9.98. The van der Waals surface area contributed by atoms with Crippen molar-refractivity contribution in [1.29, 1.82) is 0 Å². The van der Waals surface area contributed by atoms with Crippen LogP contribution in [0.4, 0.5) is 0 Å². The number of ether oxygens (including phenoxy) is 1. The number of aryl methyl sites for hydroxylation is 2. The molecule has 3 N–H and O–H groups in total. The minimum atomic E-state index is -1.12. The maximum Gasteiger partial charge on any atom is 0.191 e. The smallest absolute Gasteiger partial charge is 0.191 e. The van der Waals surface area contributed by atoms with Crippen molar-refractivity contribution in [3.8, 4) is 5.75 Å². The highest BCUT2D eigenvalue weighted by Crippen LogP contribution is 2.28. The van der Waals surface area contributed by atoms with Crippen molar-refractivity contribution in [2.75, 3.05) is 40.8 Å². The molecule has 0 aliphatic carbocycles. The molecule has 1 heterocycles. The maximum absolute atomic E-state index is 11.0. The van der Waals surface area contributed by atoms with E-state index in [0.29, 0.717) is 12.5 Å². The first-order valence-electron chi connectivity index (χ1n) is 10.3. The molecule has 2 atom stereocenters. The summed E-state index contributed by atoms with van der Waals surface area (Å²) in [7, 11) is 5.77. The number of nitrogens with zero attached hydrogens (tertiary/aromatic N) is 2. The molecule has 0 aliphatic rings. The van der Waals surface area contributed by atoms with E-state index in [1.807, 2.05) is 59.1 Å². The van der Waals surface area contributed by atoms with Crippen molar-refractivity contribution in [1.82, 2.24) is 15.5 Å². The van der Waals surface area contributed by atoms with Crippen molar-refractivity contribution >= 4 is 5.96 Å². The Morgan fingerprint density at radius 2 is 1.97 bits per heavy atom. The van der Waals surface area contributed by atoms with Crippen LogP contribution >= 0.6 is 0 Å². The number of likely N-dealkylation sites (N-methyl/N-ethyl adjacent to an activating group) is 1. The summed E-state index contributed by atoms with van der Waals surface area (Å²) in [5, 5.41) is 17.6. The summed E-state index contributed by atoms with van der Waals surface area (Å²) < 4.78 is 11.1. The van der Waals surface area contributed by atoms with Gasteiger partial charge in [-0.05, 0) is 53.9 Å². The predicted molar refractivity (Wildman–Crippen MR) is 121 cm³/mol. The first-order chi connectivity index (χ1) is 14.2. The lowest BCUT2D eigenvalue weighted by atomic mass is 9.96. The largest absolute Gasteiger partial charge is 0.496 e. The SMILES string of the molecule is CCNC(=NCC(C)(O)c1cc(C)oc1C)NCC(c1ccccc1OC)N(C)C. The topological polar surface area (TPSA) is 82.3 Å². The summed E-state index contributed by atoms with van der Waals surface area (Å²) in [5.41, 5.74) is 0.748. The standard InChI is InChI=1S/C23H36N4O3/c1-8-24-22(26-15-23(4,28)19-13-16(2)30-17(19)3)25-14-20(27(5)6)18-11-9-10-12-21(18)29-7/h9-13,20,28H,8,14-15H2,1-7H3,(H2,24,25,26). The van der Waals surface area contributed by atoms with E-state index in [0.717, 1.165) is 34.9 Å². The van der Waals surface area contributed by atoms with Crippen molar-refractivity contribution in [2.24, 2.45) is 4.99 Å². The molecule has 2 aromatic rings. The number of aliphatic hydroxyl groups is 1. The average molecular weight is 417 g/mol. The molecule has 7 heteroatoms. The van der Waals surface area contributed by atoms with Crippen LogP contribution in [0.3, 0.4) is 0 Å². The Kier molecular flexibility index (Phi) is 8.32. The quantitative estimate of drug-likeness (QED) is 0.431. The van der Waals surface area contributed by atoms with Crippen LogP contribution in [0.5, 0.6) is 5.75 Å². The van der Waals surface area contributed by atoms with Gasteiger partial charge in [-0.15, -0.1) is 0 Å². The molecule has 0 amide bonds. The number of guanidine groups is 1. The van der Waals surface area contributed by atoms with E-state index < -0.39 is 5.60 Å². The zero-order chi connectivity index (χ0) is 22.3. The number of aliphatic imine (C=N–C) groups is 1. The van der Waals surface area contributed by atoms with Crippen LogP contribution < -0.4 is 15.4 Å². The highest BCUT2D eigenvalue weighted by Gasteiger charge is 2.28. The van der Waals surface area contributed by atoms with E-state index in [9.17, 15) is 5.11 Å². The Hall–Kier alpha value is -2.51. The van der Waals surface area contributed by atoms with Gasteiger partial charge in [0, 0.05) is 24.2 Å². The first-order valence-corrected chi connectivity index (χ1v) is 10.3. The lowest BCUT2D eigenvalue weighted by Crippen LogP contribution is -2.42. The van der Waals surface area contributed by atoms with Gasteiger partial charge in [-0.1, -0.05) is 18.2 Å². The van der Waals surface area contributed by atoms with E-state index in [1.165, 1.54) is 0 Å². The normalized spacial score (nSPS) is 15.0. The molecule has 1 aromatic carbocycles. The van der Waals surface area contributed by atoms with Crippen molar-refractivity contribution in [3.63, 3.8) is 0 Å². The molecule has 166 valence electrons. The third kappa shape index (κ3) is 6.00. The van der Waals surface area contributed by atoms with Crippen LogP contribution in [-0.2, 0) is 5.60 Å². The van der Waals surface area contributed by atoms with Crippen molar-refractivity contribution < 1.29 is 14.3 Å². The molecule has 0 aliphatic heterocycles. The molecular formula is C23H36N4O3.